The number of amides is 1. The molecule has 8 heteroatoms. The van der Waals surface area contributed by atoms with E-state index in [0.717, 1.165) is 0 Å². The largest absolute Gasteiger partial charge is 0.269 e. The minimum Gasteiger partial charge on any atom is -0.267 e. The quantitative estimate of drug-likeness (QED) is 0.665. The van der Waals surface area contributed by atoms with Crippen LogP contribution in [0.1, 0.15) is 10.4 Å². The molecule has 0 radical (unpaired) electrons. The first-order valence-corrected chi connectivity index (χ1v) is 5.57. The number of rotatable bonds is 3. The maximum Gasteiger partial charge on any atom is 0.269 e. The molecule has 2 aromatic heterocycles. The van der Waals surface area contributed by atoms with Crippen molar-refractivity contribution in [2.24, 2.45) is 0 Å². The van der Waals surface area contributed by atoms with Crippen molar-refractivity contribution in [3.8, 4) is 0 Å². The molecule has 0 aliphatic carbocycles. The van der Waals surface area contributed by atoms with E-state index < -0.39 is 5.91 Å². The Bertz CT molecular complexity index is 543. The smallest absolute Gasteiger partial charge is 0.267 e. The van der Waals surface area contributed by atoms with E-state index in [-0.39, 0.29) is 21.8 Å². The summed E-state index contributed by atoms with van der Waals surface area (Å²) < 4.78 is 0. The molecule has 0 saturated carbocycles. The van der Waals surface area contributed by atoms with Crippen molar-refractivity contribution in [2.75, 3.05) is 5.43 Å². The molecule has 2 heterocycles. The lowest BCUT2D eigenvalue weighted by Gasteiger charge is -2.06. The summed E-state index contributed by atoms with van der Waals surface area (Å²) in [4.78, 5) is 23.2. The molecule has 2 N–H and O–H groups in total. The lowest BCUT2D eigenvalue weighted by atomic mass is 10.2. The number of hydrogen-bond donors (Lipinski definition) is 2. The highest BCUT2D eigenvalue weighted by molar-refractivity contribution is 6.33. The molecule has 0 bridgehead atoms. The zero-order valence-electron chi connectivity index (χ0n) is 8.89. The summed E-state index contributed by atoms with van der Waals surface area (Å²) >= 11 is 11.4. The summed E-state index contributed by atoms with van der Waals surface area (Å²) in [6.07, 6.45) is 3.09. The molecule has 18 heavy (non-hydrogen) atoms. The summed E-state index contributed by atoms with van der Waals surface area (Å²) in [7, 11) is 0. The lowest BCUT2D eigenvalue weighted by Crippen LogP contribution is -2.30. The van der Waals surface area contributed by atoms with Crippen molar-refractivity contribution in [1.82, 2.24) is 20.4 Å². The molecular weight excluding hydrogens is 277 g/mol. The predicted octanol–water partition coefficient (Wildman–Crippen LogP) is 1.94. The van der Waals surface area contributed by atoms with Crippen LogP contribution in [0.15, 0.2) is 30.6 Å². The van der Waals surface area contributed by atoms with E-state index in [0.29, 0.717) is 0 Å². The average molecular weight is 284 g/mol. The fourth-order valence-electron chi connectivity index (χ4n) is 1.14. The molecule has 1 amide bonds. The Hall–Kier alpha value is -1.92. The van der Waals surface area contributed by atoms with Crippen LogP contribution in [0.4, 0.5) is 5.95 Å². The topological polar surface area (TPSA) is 79.8 Å². The maximum atomic E-state index is 11.7. The van der Waals surface area contributed by atoms with Crippen LogP contribution in [-0.4, -0.2) is 20.9 Å². The monoisotopic (exact) mass is 283 g/mol. The van der Waals surface area contributed by atoms with Gasteiger partial charge >= 0.3 is 0 Å². The van der Waals surface area contributed by atoms with E-state index in [1.165, 1.54) is 12.1 Å². The van der Waals surface area contributed by atoms with E-state index >= 15 is 0 Å². The average Bonchev–Trinajstić information content (AvgIpc) is 2.36. The van der Waals surface area contributed by atoms with Crippen molar-refractivity contribution in [1.29, 1.82) is 0 Å². The summed E-state index contributed by atoms with van der Waals surface area (Å²) in [5, 5.41) is 0.284. The van der Waals surface area contributed by atoms with Gasteiger partial charge in [-0.3, -0.25) is 15.6 Å². The number of carbonyl (C=O) groups excluding carboxylic acids is 1. The van der Waals surface area contributed by atoms with Crippen LogP contribution in [0.25, 0.3) is 0 Å². The third-order valence-corrected chi connectivity index (χ3v) is 2.27. The van der Waals surface area contributed by atoms with Crippen LogP contribution in [-0.2, 0) is 0 Å². The van der Waals surface area contributed by atoms with Crippen LogP contribution in [0.5, 0.6) is 0 Å². The number of pyridine rings is 1. The highest BCUT2D eigenvalue weighted by Crippen LogP contribution is 2.14. The normalized spacial score (nSPS) is 9.89. The molecule has 6 nitrogen and oxygen atoms in total. The summed E-state index contributed by atoms with van der Waals surface area (Å²) in [6, 6.07) is 4.46. The fourth-order valence-corrected chi connectivity index (χ4v) is 1.60. The second-order valence-electron chi connectivity index (χ2n) is 3.15. The number of anilines is 1. The molecule has 2 rings (SSSR count). The van der Waals surface area contributed by atoms with Crippen molar-refractivity contribution in [3.63, 3.8) is 0 Å². The third kappa shape index (κ3) is 3.28. The number of nitrogens with one attached hydrogen (secondary N) is 2. The predicted molar refractivity (Wildman–Crippen MR) is 67.4 cm³/mol. The van der Waals surface area contributed by atoms with E-state index in [2.05, 4.69) is 25.8 Å². The Morgan fingerprint density at radius 2 is 1.72 bits per heavy atom. The number of halogens is 2. The van der Waals surface area contributed by atoms with Crippen LogP contribution in [0.2, 0.25) is 10.3 Å². The molecule has 0 unspecified atom stereocenters. The highest BCUT2D eigenvalue weighted by atomic mass is 35.5. The van der Waals surface area contributed by atoms with Crippen LogP contribution < -0.4 is 10.9 Å². The minimum absolute atomic E-state index is 0.142. The molecule has 0 fully saturated rings. The van der Waals surface area contributed by atoms with Crippen molar-refractivity contribution in [3.05, 3.63) is 46.5 Å². The van der Waals surface area contributed by atoms with Crippen LogP contribution in [0, 0.1) is 0 Å². The molecule has 2 aromatic rings. The number of hydrazine groups is 1. The molecule has 0 atom stereocenters. The lowest BCUT2D eigenvalue weighted by molar-refractivity contribution is 0.0962. The van der Waals surface area contributed by atoms with Gasteiger partial charge in [0.1, 0.15) is 10.3 Å². The van der Waals surface area contributed by atoms with Crippen LogP contribution >= 0.6 is 23.2 Å². The zero-order chi connectivity index (χ0) is 13.0. The van der Waals surface area contributed by atoms with Crippen LogP contribution in [0.3, 0.4) is 0 Å². The first-order valence-electron chi connectivity index (χ1n) is 4.81. The van der Waals surface area contributed by atoms with Gasteiger partial charge in [0.15, 0.2) is 0 Å². The standard InChI is InChI=1S/C10H7Cl2N5O/c11-7-4-6(5-8(12)15-7)9(18)16-17-10-13-2-1-3-14-10/h1-5H,(H,16,18)(H,13,14,17). The molecular formula is C10H7Cl2N5O. The Labute approximate surface area is 112 Å². The van der Waals surface area contributed by atoms with Gasteiger partial charge in [0.2, 0.25) is 5.95 Å². The van der Waals surface area contributed by atoms with Crippen molar-refractivity contribution >= 4 is 35.1 Å². The van der Waals surface area contributed by atoms with Gasteiger partial charge in [-0.2, -0.15) is 0 Å². The van der Waals surface area contributed by atoms with E-state index in [1.807, 2.05) is 0 Å². The van der Waals surface area contributed by atoms with Gasteiger partial charge < -0.3 is 0 Å². The van der Waals surface area contributed by atoms with Gasteiger partial charge in [0.05, 0.1) is 0 Å². The molecule has 0 aliphatic heterocycles. The molecule has 0 saturated heterocycles. The van der Waals surface area contributed by atoms with Gasteiger partial charge in [-0.05, 0) is 18.2 Å². The zero-order valence-corrected chi connectivity index (χ0v) is 10.4. The Morgan fingerprint density at radius 1 is 1.11 bits per heavy atom. The van der Waals surface area contributed by atoms with E-state index in [1.54, 1.807) is 18.5 Å². The molecule has 0 aromatic carbocycles. The molecule has 92 valence electrons. The third-order valence-electron chi connectivity index (χ3n) is 1.88. The Kier molecular flexibility index (Phi) is 3.91. The number of aromatic nitrogens is 3. The molecule has 0 aliphatic rings. The van der Waals surface area contributed by atoms with Crippen molar-refractivity contribution < 1.29 is 4.79 Å². The molecule has 0 spiro atoms. The van der Waals surface area contributed by atoms with Crippen molar-refractivity contribution in [2.45, 2.75) is 0 Å². The summed E-state index contributed by atoms with van der Waals surface area (Å²) in [5.41, 5.74) is 5.25. The first kappa shape index (κ1) is 12.5. The van der Waals surface area contributed by atoms with E-state index in [4.69, 9.17) is 23.2 Å². The summed E-state index contributed by atoms with van der Waals surface area (Å²) in [5.74, 6) is -0.147. The number of carbonyl (C=O) groups is 1. The second-order valence-corrected chi connectivity index (χ2v) is 3.93. The maximum absolute atomic E-state index is 11.7. The van der Waals surface area contributed by atoms with E-state index in [9.17, 15) is 4.79 Å². The van der Waals surface area contributed by atoms with Gasteiger partial charge in [0.25, 0.3) is 5.91 Å². The van der Waals surface area contributed by atoms with Gasteiger partial charge in [-0.15, -0.1) is 0 Å². The minimum atomic E-state index is -0.423. The Morgan fingerprint density at radius 3 is 2.33 bits per heavy atom. The summed E-state index contributed by atoms with van der Waals surface area (Å²) in [6.45, 7) is 0. The first-order chi connectivity index (χ1) is 8.65. The second kappa shape index (κ2) is 5.61. The highest BCUT2D eigenvalue weighted by Gasteiger charge is 2.08. The fraction of sp³-hybridized carbons (Fsp3) is 0. The van der Waals surface area contributed by atoms with Gasteiger partial charge in [-0.1, -0.05) is 23.2 Å². The van der Waals surface area contributed by atoms with Gasteiger partial charge in [0, 0.05) is 18.0 Å². The number of nitrogens with zero attached hydrogens (tertiary/aromatic N) is 3. The Balaban J connectivity index is 2.04. The van der Waals surface area contributed by atoms with Gasteiger partial charge in [-0.25, -0.2) is 15.0 Å². The number of hydrogen-bond acceptors (Lipinski definition) is 5. The SMILES string of the molecule is O=C(NNc1ncccn1)c1cc(Cl)nc(Cl)c1.